The van der Waals surface area contributed by atoms with Crippen LogP contribution >= 0.6 is 0 Å². The molecule has 1 aromatic carbocycles. The molecule has 3 rings (SSSR count). The molecule has 1 nitrogen and oxygen atoms in total. The highest BCUT2D eigenvalue weighted by Gasteiger charge is 2.29. The zero-order chi connectivity index (χ0) is 11.0. The highest BCUT2D eigenvalue weighted by molar-refractivity contribution is 5.37. The second kappa shape index (κ2) is 4.21. The standard InChI is InChI=1S/C15H21N/c1-11-7-8-12-4-2-5-13(14(12)10-11)15-6-3-9-16-15/h7-8,10,13,15-16H,2-6,9H2,1H3. The fourth-order valence-electron chi connectivity index (χ4n) is 3.43. The number of nitrogens with one attached hydrogen (secondary N) is 1. The van der Waals surface area contributed by atoms with Crippen LogP contribution in [0.4, 0.5) is 0 Å². The number of benzene rings is 1. The maximum atomic E-state index is 3.69. The number of rotatable bonds is 1. The van der Waals surface area contributed by atoms with Gasteiger partial charge in [0, 0.05) is 6.04 Å². The predicted molar refractivity (Wildman–Crippen MR) is 67.9 cm³/mol. The Morgan fingerprint density at radius 1 is 1.19 bits per heavy atom. The van der Waals surface area contributed by atoms with Crippen molar-refractivity contribution in [1.29, 1.82) is 0 Å². The van der Waals surface area contributed by atoms with Crippen molar-refractivity contribution in [2.45, 2.75) is 51.0 Å². The van der Waals surface area contributed by atoms with Gasteiger partial charge >= 0.3 is 0 Å². The van der Waals surface area contributed by atoms with E-state index in [1.165, 1.54) is 44.2 Å². The van der Waals surface area contributed by atoms with E-state index >= 15 is 0 Å². The molecule has 0 saturated carbocycles. The van der Waals surface area contributed by atoms with Gasteiger partial charge in [-0.2, -0.15) is 0 Å². The van der Waals surface area contributed by atoms with Crippen LogP contribution in [0, 0.1) is 6.92 Å². The SMILES string of the molecule is Cc1ccc2c(c1)C(C1CCCN1)CCC2. The number of aryl methyl sites for hydroxylation is 2. The van der Waals surface area contributed by atoms with Crippen LogP contribution in [0.1, 0.15) is 48.3 Å². The fraction of sp³-hybridized carbons (Fsp3) is 0.600. The Kier molecular flexibility index (Phi) is 2.72. The highest BCUT2D eigenvalue weighted by atomic mass is 14.9. The first kappa shape index (κ1) is 10.3. The lowest BCUT2D eigenvalue weighted by Crippen LogP contribution is -2.31. The smallest absolute Gasteiger partial charge is 0.0136 e. The number of fused-ring (bicyclic) bond motifs is 1. The molecule has 2 unspecified atom stereocenters. The summed E-state index contributed by atoms with van der Waals surface area (Å²) in [4.78, 5) is 0. The minimum absolute atomic E-state index is 0.751. The fourth-order valence-corrected chi connectivity index (χ4v) is 3.43. The van der Waals surface area contributed by atoms with Crippen molar-refractivity contribution >= 4 is 0 Å². The summed E-state index contributed by atoms with van der Waals surface area (Å²) in [6, 6.07) is 7.80. The lowest BCUT2D eigenvalue weighted by atomic mass is 9.78. The van der Waals surface area contributed by atoms with E-state index in [1.54, 1.807) is 11.1 Å². The minimum atomic E-state index is 0.751. The van der Waals surface area contributed by atoms with Gasteiger partial charge in [-0.25, -0.2) is 0 Å². The van der Waals surface area contributed by atoms with E-state index < -0.39 is 0 Å². The van der Waals surface area contributed by atoms with E-state index in [9.17, 15) is 0 Å². The van der Waals surface area contributed by atoms with Crippen LogP contribution in [-0.4, -0.2) is 12.6 Å². The summed E-state index contributed by atoms with van der Waals surface area (Å²) in [5, 5.41) is 3.69. The van der Waals surface area contributed by atoms with Gasteiger partial charge in [-0.1, -0.05) is 23.8 Å². The Morgan fingerprint density at radius 3 is 2.94 bits per heavy atom. The molecule has 1 heterocycles. The van der Waals surface area contributed by atoms with Crippen molar-refractivity contribution in [3.63, 3.8) is 0 Å². The number of hydrogen-bond acceptors (Lipinski definition) is 1. The summed E-state index contributed by atoms with van der Waals surface area (Å²) in [5.41, 5.74) is 4.67. The molecular weight excluding hydrogens is 194 g/mol. The molecule has 86 valence electrons. The van der Waals surface area contributed by atoms with Crippen LogP contribution in [0.3, 0.4) is 0 Å². The predicted octanol–water partition coefficient (Wildman–Crippen LogP) is 3.17. The second-order valence-electron chi connectivity index (χ2n) is 5.40. The first-order valence-electron chi connectivity index (χ1n) is 6.67. The van der Waals surface area contributed by atoms with E-state index in [-0.39, 0.29) is 0 Å². The van der Waals surface area contributed by atoms with Gasteiger partial charge in [-0.3, -0.25) is 0 Å². The molecule has 1 aliphatic carbocycles. The molecule has 0 spiro atoms. The van der Waals surface area contributed by atoms with Crippen molar-refractivity contribution in [2.75, 3.05) is 6.54 Å². The lowest BCUT2D eigenvalue weighted by molar-refractivity contribution is 0.432. The van der Waals surface area contributed by atoms with E-state index in [0.29, 0.717) is 0 Å². The van der Waals surface area contributed by atoms with Crippen LogP contribution in [-0.2, 0) is 6.42 Å². The van der Waals surface area contributed by atoms with Gasteiger partial charge in [0.15, 0.2) is 0 Å². The quantitative estimate of drug-likeness (QED) is 0.758. The molecule has 0 radical (unpaired) electrons. The Morgan fingerprint density at radius 2 is 2.12 bits per heavy atom. The van der Waals surface area contributed by atoms with Gasteiger partial charge in [-0.05, 0) is 62.6 Å². The van der Waals surface area contributed by atoms with Crippen LogP contribution in [0.25, 0.3) is 0 Å². The van der Waals surface area contributed by atoms with Crippen molar-refractivity contribution in [2.24, 2.45) is 0 Å². The van der Waals surface area contributed by atoms with Gasteiger partial charge in [0.05, 0.1) is 0 Å². The summed E-state index contributed by atoms with van der Waals surface area (Å²) >= 11 is 0. The van der Waals surface area contributed by atoms with Crippen molar-refractivity contribution in [3.05, 3.63) is 34.9 Å². The van der Waals surface area contributed by atoms with Gasteiger partial charge in [0.25, 0.3) is 0 Å². The molecule has 0 bridgehead atoms. The Hall–Kier alpha value is -0.820. The van der Waals surface area contributed by atoms with Crippen LogP contribution in [0.15, 0.2) is 18.2 Å². The summed E-state index contributed by atoms with van der Waals surface area (Å²) in [7, 11) is 0. The van der Waals surface area contributed by atoms with Gasteiger partial charge in [0.2, 0.25) is 0 Å². The maximum Gasteiger partial charge on any atom is 0.0136 e. The van der Waals surface area contributed by atoms with Gasteiger partial charge < -0.3 is 5.32 Å². The summed E-state index contributed by atoms with van der Waals surface area (Å²) in [6.07, 6.45) is 6.78. The molecular formula is C15H21N. The molecule has 2 aliphatic rings. The van der Waals surface area contributed by atoms with Crippen LogP contribution < -0.4 is 5.32 Å². The zero-order valence-corrected chi connectivity index (χ0v) is 10.1. The minimum Gasteiger partial charge on any atom is -0.313 e. The Balaban J connectivity index is 1.94. The van der Waals surface area contributed by atoms with E-state index in [1.807, 2.05) is 0 Å². The summed E-state index contributed by atoms with van der Waals surface area (Å²) < 4.78 is 0. The van der Waals surface area contributed by atoms with Gasteiger partial charge in [0.1, 0.15) is 0 Å². The third kappa shape index (κ3) is 1.78. The van der Waals surface area contributed by atoms with Crippen molar-refractivity contribution in [3.8, 4) is 0 Å². The van der Waals surface area contributed by atoms with Gasteiger partial charge in [-0.15, -0.1) is 0 Å². The zero-order valence-electron chi connectivity index (χ0n) is 10.1. The normalized spacial score (nSPS) is 29.1. The summed E-state index contributed by atoms with van der Waals surface area (Å²) in [5.74, 6) is 0.783. The highest BCUT2D eigenvalue weighted by Crippen LogP contribution is 2.36. The van der Waals surface area contributed by atoms with E-state index in [2.05, 4.69) is 30.4 Å². The maximum absolute atomic E-state index is 3.69. The third-order valence-corrected chi connectivity index (χ3v) is 4.25. The Bertz CT molecular complexity index is 377. The van der Waals surface area contributed by atoms with Crippen LogP contribution in [0.2, 0.25) is 0 Å². The first-order chi connectivity index (χ1) is 7.84. The summed E-state index contributed by atoms with van der Waals surface area (Å²) in [6.45, 7) is 3.44. The van der Waals surface area contributed by atoms with Crippen LogP contribution in [0.5, 0.6) is 0 Å². The largest absolute Gasteiger partial charge is 0.313 e. The van der Waals surface area contributed by atoms with E-state index in [0.717, 1.165) is 12.0 Å². The van der Waals surface area contributed by atoms with Crippen molar-refractivity contribution < 1.29 is 0 Å². The molecule has 1 saturated heterocycles. The lowest BCUT2D eigenvalue weighted by Gasteiger charge is -2.30. The molecule has 2 atom stereocenters. The molecule has 0 aromatic heterocycles. The second-order valence-corrected chi connectivity index (χ2v) is 5.40. The average Bonchev–Trinajstić information content (AvgIpc) is 2.81. The molecule has 0 amide bonds. The molecule has 1 aromatic rings. The third-order valence-electron chi connectivity index (χ3n) is 4.25. The molecule has 1 N–H and O–H groups in total. The van der Waals surface area contributed by atoms with Crippen molar-refractivity contribution in [1.82, 2.24) is 5.32 Å². The first-order valence-corrected chi connectivity index (χ1v) is 6.67. The molecule has 1 fully saturated rings. The number of hydrogen-bond donors (Lipinski definition) is 1. The Labute approximate surface area is 98.3 Å². The average molecular weight is 215 g/mol. The molecule has 1 aliphatic heterocycles. The van der Waals surface area contributed by atoms with E-state index in [4.69, 9.17) is 0 Å². The molecule has 1 heteroatoms. The monoisotopic (exact) mass is 215 g/mol. The topological polar surface area (TPSA) is 12.0 Å². The molecule has 16 heavy (non-hydrogen) atoms.